The molecule has 4 nitrogen and oxygen atoms in total. The Bertz CT molecular complexity index is 568. The molecule has 0 aliphatic rings. The van der Waals surface area contributed by atoms with E-state index in [9.17, 15) is 18.3 Å². The Morgan fingerprint density at radius 2 is 1.90 bits per heavy atom. The second-order valence-electron chi connectivity index (χ2n) is 4.22. The van der Waals surface area contributed by atoms with Crippen LogP contribution in [-0.2, 0) is 6.18 Å². The lowest BCUT2D eigenvalue weighted by molar-refractivity contribution is -0.138. The first-order valence-electron chi connectivity index (χ1n) is 5.75. The van der Waals surface area contributed by atoms with E-state index in [2.05, 4.69) is 15.5 Å². The van der Waals surface area contributed by atoms with Crippen molar-refractivity contribution in [1.29, 1.82) is 0 Å². The van der Waals surface area contributed by atoms with Gasteiger partial charge in [-0.15, -0.1) is 10.2 Å². The van der Waals surface area contributed by atoms with Crippen molar-refractivity contribution < 1.29 is 18.3 Å². The minimum atomic E-state index is -4.49. The fourth-order valence-electron chi connectivity index (χ4n) is 1.50. The van der Waals surface area contributed by atoms with Gasteiger partial charge in [-0.3, -0.25) is 0 Å². The molecule has 108 valence electrons. The normalized spacial score (nSPS) is 13.2. The van der Waals surface area contributed by atoms with Gasteiger partial charge in [-0.2, -0.15) is 13.2 Å². The molecule has 0 radical (unpaired) electrons. The molecular formula is C12H12F3N3OS. The number of rotatable bonds is 4. The number of hydrogen-bond donors (Lipinski definition) is 2. The Balaban J connectivity index is 1.95. The van der Waals surface area contributed by atoms with E-state index in [1.165, 1.54) is 0 Å². The van der Waals surface area contributed by atoms with E-state index < -0.39 is 17.3 Å². The average molecular weight is 303 g/mol. The van der Waals surface area contributed by atoms with Crippen molar-refractivity contribution in [3.8, 4) is 0 Å². The van der Waals surface area contributed by atoms with Crippen LogP contribution < -0.4 is 5.32 Å². The van der Waals surface area contributed by atoms with Crippen molar-refractivity contribution in [1.82, 2.24) is 10.2 Å². The molecule has 0 bridgehead atoms. The third kappa shape index (κ3) is 3.67. The summed E-state index contributed by atoms with van der Waals surface area (Å²) >= 11 is 0.410. The van der Waals surface area contributed by atoms with Crippen LogP contribution in [0.25, 0.3) is 0 Å². The van der Waals surface area contributed by atoms with Crippen LogP contribution in [0.2, 0.25) is 0 Å². The molecule has 2 N–H and O–H groups in total. The minimum Gasteiger partial charge on any atom is -0.387 e. The van der Waals surface area contributed by atoms with Gasteiger partial charge in [0, 0.05) is 6.54 Å². The van der Waals surface area contributed by atoms with E-state index in [0.29, 0.717) is 16.9 Å². The molecule has 1 aromatic heterocycles. The predicted molar refractivity (Wildman–Crippen MR) is 69.5 cm³/mol. The van der Waals surface area contributed by atoms with E-state index in [-0.39, 0.29) is 11.7 Å². The molecule has 20 heavy (non-hydrogen) atoms. The number of hydrogen-bond acceptors (Lipinski definition) is 5. The van der Waals surface area contributed by atoms with Crippen LogP contribution in [0.5, 0.6) is 0 Å². The number of aliphatic hydroxyl groups is 1. The second kappa shape index (κ2) is 5.76. The van der Waals surface area contributed by atoms with Crippen LogP contribution in [0.15, 0.2) is 24.3 Å². The van der Waals surface area contributed by atoms with Crippen molar-refractivity contribution in [2.75, 3.05) is 11.9 Å². The average Bonchev–Trinajstić information content (AvgIpc) is 2.85. The van der Waals surface area contributed by atoms with Gasteiger partial charge in [0.05, 0.1) is 6.10 Å². The lowest BCUT2D eigenvalue weighted by Gasteiger charge is -2.11. The highest BCUT2D eigenvalue weighted by Gasteiger charge is 2.35. The molecule has 0 saturated carbocycles. The molecule has 1 unspecified atom stereocenters. The number of aliphatic hydroxyl groups excluding tert-OH is 1. The van der Waals surface area contributed by atoms with Gasteiger partial charge in [0.15, 0.2) is 0 Å². The molecule has 2 rings (SSSR count). The lowest BCUT2D eigenvalue weighted by atomic mass is 10.1. The molecular weight excluding hydrogens is 291 g/mol. The number of benzene rings is 1. The summed E-state index contributed by atoms with van der Waals surface area (Å²) in [5, 5.41) is 18.0. The summed E-state index contributed by atoms with van der Waals surface area (Å²) in [6, 6.07) is 7.24. The molecule has 1 heterocycles. The summed E-state index contributed by atoms with van der Waals surface area (Å²) in [5.74, 6) is 0. The Labute approximate surface area is 117 Å². The molecule has 1 atom stereocenters. The van der Waals surface area contributed by atoms with E-state index in [1.807, 2.05) is 19.1 Å². The first-order chi connectivity index (χ1) is 9.36. The summed E-state index contributed by atoms with van der Waals surface area (Å²) in [6.07, 6.45) is -5.32. The summed E-state index contributed by atoms with van der Waals surface area (Å²) in [5.41, 5.74) is 1.75. The quantitative estimate of drug-likeness (QED) is 0.911. The van der Waals surface area contributed by atoms with E-state index in [4.69, 9.17) is 0 Å². The summed E-state index contributed by atoms with van der Waals surface area (Å²) in [4.78, 5) is 0. The zero-order chi connectivity index (χ0) is 14.8. The lowest BCUT2D eigenvalue weighted by Crippen LogP contribution is -2.11. The topological polar surface area (TPSA) is 58.0 Å². The highest BCUT2D eigenvalue weighted by atomic mass is 32.1. The maximum absolute atomic E-state index is 12.3. The van der Waals surface area contributed by atoms with E-state index >= 15 is 0 Å². The van der Waals surface area contributed by atoms with Crippen molar-refractivity contribution >= 4 is 16.5 Å². The number of alkyl halides is 3. The number of halogens is 3. The summed E-state index contributed by atoms with van der Waals surface area (Å²) < 4.78 is 37.0. The molecule has 0 spiro atoms. The van der Waals surface area contributed by atoms with Crippen LogP contribution in [0.3, 0.4) is 0 Å². The number of aromatic nitrogens is 2. The monoisotopic (exact) mass is 303 g/mol. The smallest absolute Gasteiger partial charge is 0.387 e. The Morgan fingerprint density at radius 1 is 1.25 bits per heavy atom. The molecule has 0 amide bonds. The Hall–Kier alpha value is -1.67. The van der Waals surface area contributed by atoms with Crippen molar-refractivity contribution in [2.45, 2.75) is 19.2 Å². The standard InChI is InChI=1S/C12H12F3N3OS/c1-7-2-4-8(5-3-7)9(19)6-16-11-18-17-10(20-11)12(13,14)15/h2-5,9,19H,6H2,1H3,(H,16,18). The zero-order valence-corrected chi connectivity index (χ0v) is 11.3. The highest BCUT2D eigenvalue weighted by molar-refractivity contribution is 7.15. The number of nitrogens with one attached hydrogen (secondary N) is 1. The van der Waals surface area contributed by atoms with Crippen molar-refractivity contribution in [3.63, 3.8) is 0 Å². The van der Waals surface area contributed by atoms with Gasteiger partial charge >= 0.3 is 6.18 Å². The first kappa shape index (κ1) is 14.7. The predicted octanol–water partition coefficient (Wildman–Crippen LogP) is 3.01. The molecule has 0 fully saturated rings. The number of anilines is 1. The second-order valence-corrected chi connectivity index (χ2v) is 5.20. The number of nitrogens with zero attached hydrogens (tertiary/aromatic N) is 2. The summed E-state index contributed by atoms with van der Waals surface area (Å²) in [6.45, 7) is 1.99. The van der Waals surface area contributed by atoms with Crippen molar-refractivity contribution in [3.05, 3.63) is 40.4 Å². The SMILES string of the molecule is Cc1ccc(C(O)CNc2nnc(C(F)(F)F)s2)cc1. The number of aryl methyl sites for hydroxylation is 1. The van der Waals surface area contributed by atoms with E-state index in [1.54, 1.807) is 12.1 Å². The van der Waals surface area contributed by atoms with Gasteiger partial charge in [0.2, 0.25) is 10.1 Å². The fourth-order valence-corrected chi connectivity index (χ4v) is 2.12. The van der Waals surface area contributed by atoms with Gasteiger partial charge in [-0.05, 0) is 12.5 Å². The highest BCUT2D eigenvalue weighted by Crippen LogP contribution is 2.33. The van der Waals surface area contributed by atoms with Crippen LogP contribution in [0, 0.1) is 6.92 Å². The molecule has 8 heteroatoms. The van der Waals surface area contributed by atoms with Gasteiger partial charge in [-0.1, -0.05) is 41.2 Å². The summed E-state index contributed by atoms with van der Waals surface area (Å²) in [7, 11) is 0. The van der Waals surface area contributed by atoms with Crippen molar-refractivity contribution in [2.24, 2.45) is 0 Å². The molecule has 0 saturated heterocycles. The zero-order valence-electron chi connectivity index (χ0n) is 10.5. The van der Waals surface area contributed by atoms with E-state index in [0.717, 1.165) is 5.56 Å². The minimum absolute atomic E-state index is 0.0310. The van der Waals surface area contributed by atoms with Crippen LogP contribution in [-0.4, -0.2) is 21.8 Å². The van der Waals surface area contributed by atoms with Gasteiger partial charge in [-0.25, -0.2) is 0 Å². The first-order valence-corrected chi connectivity index (χ1v) is 6.57. The largest absolute Gasteiger partial charge is 0.445 e. The maximum Gasteiger partial charge on any atom is 0.445 e. The Kier molecular flexibility index (Phi) is 4.24. The van der Waals surface area contributed by atoms with Gasteiger partial charge < -0.3 is 10.4 Å². The molecule has 2 aromatic rings. The third-order valence-corrected chi connectivity index (χ3v) is 3.50. The van der Waals surface area contributed by atoms with Crippen LogP contribution in [0.1, 0.15) is 22.2 Å². The molecule has 0 aliphatic heterocycles. The Morgan fingerprint density at radius 3 is 2.45 bits per heavy atom. The van der Waals surface area contributed by atoms with Gasteiger partial charge in [0.1, 0.15) is 0 Å². The molecule has 1 aromatic carbocycles. The fraction of sp³-hybridized carbons (Fsp3) is 0.333. The molecule has 0 aliphatic carbocycles. The maximum atomic E-state index is 12.3. The van der Waals surface area contributed by atoms with Gasteiger partial charge in [0.25, 0.3) is 0 Å². The third-order valence-electron chi connectivity index (χ3n) is 2.58. The van der Waals surface area contributed by atoms with Crippen LogP contribution in [0.4, 0.5) is 18.3 Å². The van der Waals surface area contributed by atoms with Crippen LogP contribution >= 0.6 is 11.3 Å².